The molecule has 0 spiro atoms. The molecule has 0 aliphatic carbocycles. The first-order chi connectivity index (χ1) is 2.56. The van der Waals surface area contributed by atoms with E-state index >= 15 is 0 Å². The zero-order valence-electron chi connectivity index (χ0n) is 5.12. The van der Waals surface area contributed by atoms with Crippen LogP contribution in [0, 0.1) is 7.43 Å². The first kappa shape index (κ1) is 15.8. The maximum atomic E-state index is 4.50. The Balaban J connectivity index is -0.000000125. The fraction of sp³-hybridized carbons (Fsp3) is 0.800. The minimum atomic E-state index is -0.153. The average molecular weight is 165 g/mol. The van der Waals surface area contributed by atoms with Crippen molar-refractivity contribution in [3.63, 3.8) is 0 Å². The second-order valence-corrected chi connectivity index (χ2v) is 2.37. The summed E-state index contributed by atoms with van der Waals surface area (Å²) in [5.41, 5.74) is -0.153. The van der Waals surface area contributed by atoms with Crippen LogP contribution in [0.15, 0.2) is 0 Å². The largest absolute Gasteiger partial charge is 2.00 e. The Morgan fingerprint density at radius 1 is 1.25 bits per heavy atom. The summed E-state index contributed by atoms with van der Waals surface area (Å²) in [5, 5.41) is 0. The van der Waals surface area contributed by atoms with Gasteiger partial charge in [0.2, 0.25) is 0 Å². The fourth-order valence-corrected chi connectivity index (χ4v) is 0. The van der Waals surface area contributed by atoms with Crippen LogP contribution in [0.5, 0.6) is 0 Å². The smallest absolute Gasteiger partial charge is 0 e. The van der Waals surface area contributed by atoms with E-state index in [2.05, 4.69) is 20.2 Å². The molecule has 52 valence electrons. The van der Waals surface area contributed by atoms with Gasteiger partial charge in [-0.3, -0.25) is 0 Å². The van der Waals surface area contributed by atoms with Gasteiger partial charge >= 0.3 is 46.5 Å². The van der Waals surface area contributed by atoms with Crippen LogP contribution in [0.2, 0.25) is 0 Å². The van der Waals surface area contributed by atoms with Crippen molar-refractivity contribution >= 4 is 0 Å². The molecule has 0 aromatic heterocycles. The predicted molar refractivity (Wildman–Crippen MR) is 24.8 cm³/mol. The van der Waals surface area contributed by atoms with Gasteiger partial charge < -0.3 is 5.48 Å². The zero-order valence-corrected chi connectivity index (χ0v) is 6.06. The van der Waals surface area contributed by atoms with E-state index in [4.69, 9.17) is 0 Å². The molecule has 0 heterocycles. The van der Waals surface area contributed by atoms with Crippen molar-refractivity contribution in [2.24, 2.45) is 0 Å². The molecule has 0 saturated heterocycles. The summed E-state index contributed by atoms with van der Waals surface area (Å²) in [6.07, 6.45) is 0. The maximum Gasteiger partial charge on any atom is 0 e. The van der Waals surface area contributed by atoms with Gasteiger partial charge in [-0.25, -0.2) is 0 Å². The average Bonchev–Trinajstić information content (AvgIpc) is 1.35. The van der Waals surface area contributed by atoms with Gasteiger partial charge in [0.25, 0.3) is 0 Å². The Kier molecular flexibility index (Phi) is 11.0. The van der Waals surface area contributed by atoms with E-state index in [0.717, 1.165) is 0 Å². The SMILES string of the molecule is CC(C)(C)[O][Cu+2].[C].[O-2]. The van der Waals surface area contributed by atoms with E-state index in [-0.39, 0.29) is 18.5 Å². The molecule has 0 atom stereocenters. The molecule has 0 fully saturated rings. The molecular formula is C5H9CuO2. The normalized spacial score (nSPS) is 9.12. The molecule has 0 bridgehead atoms. The second kappa shape index (κ2) is 5.57. The second-order valence-electron chi connectivity index (χ2n) is 2.17. The molecule has 0 N–H and O–H groups in total. The van der Waals surface area contributed by atoms with Crippen LogP contribution < -0.4 is 0 Å². The minimum absolute atomic E-state index is 0. The molecule has 0 aliphatic rings. The molecule has 4 radical (unpaired) electrons. The van der Waals surface area contributed by atoms with Crippen molar-refractivity contribution in [3.05, 3.63) is 7.43 Å². The van der Waals surface area contributed by atoms with Crippen molar-refractivity contribution in [1.82, 2.24) is 0 Å². The Hall–Kier alpha value is 0.439. The monoisotopic (exact) mass is 164 g/mol. The van der Waals surface area contributed by atoms with Crippen molar-refractivity contribution in [1.29, 1.82) is 0 Å². The van der Waals surface area contributed by atoms with Gasteiger partial charge in [0.05, 0.1) is 0 Å². The van der Waals surface area contributed by atoms with Crippen LogP contribution in [0.3, 0.4) is 0 Å². The van der Waals surface area contributed by atoms with Gasteiger partial charge in [-0.15, -0.1) is 0 Å². The van der Waals surface area contributed by atoms with Crippen molar-refractivity contribution in [2.75, 3.05) is 0 Å². The molecule has 3 heteroatoms. The molecule has 0 saturated carbocycles. The van der Waals surface area contributed by atoms with Gasteiger partial charge in [-0.2, -0.15) is 0 Å². The van der Waals surface area contributed by atoms with Gasteiger partial charge in [0.1, 0.15) is 0 Å². The van der Waals surface area contributed by atoms with Crippen LogP contribution in [-0.2, 0) is 25.6 Å². The molecular weight excluding hydrogens is 156 g/mol. The number of rotatable bonds is 0. The molecule has 0 aliphatic heterocycles. The molecule has 0 unspecified atom stereocenters. The summed E-state index contributed by atoms with van der Waals surface area (Å²) < 4.78 is 4.50. The Bertz CT molecular complexity index is 40.2. The van der Waals surface area contributed by atoms with Crippen molar-refractivity contribution in [3.8, 4) is 0 Å². The number of hydrogen-bond donors (Lipinski definition) is 0. The third-order valence-corrected chi connectivity index (χ3v) is 0.761. The van der Waals surface area contributed by atoms with E-state index in [1.807, 2.05) is 20.8 Å². The summed E-state index contributed by atoms with van der Waals surface area (Å²) in [5.74, 6) is 0. The fourth-order valence-electron chi connectivity index (χ4n) is 0. The summed E-state index contributed by atoms with van der Waals surface area (Å²) >= 11 is 4.42. The summed E-state index contributed by atoms with van der Waals surface area (Å²) in [7, 11) is 0. The number of hydrogen-bond acceptors (Lipinski definition) is 1. The van der Waals surface area contributed by atoms with E-state index in [1.165, 1.54) is 0 Å². The van der Waals surface area contributed by atoms with Crippen LogP contribution in [-0.4, -0.2) is 5.60 Å². The van der Waals surface area contributed by atoms with Gasteiger partial charge in [-0.05, 0) is 0 Å². The quantitative estimate of drug-likeness (QED) is 0.497. The standard InChI is InChI=1S/C4H9O.C.Cu.O/c1-4(2,3)5;;;/h1-3H3;;;/q-1;;+3;-2. The first-order valence-corrected chi connectivity index (χ1v) is 2.21. The molecule has 0 rings (SSSR count). The van der Waals surface area contributed by atoms with E-state index in [1.54, 1.807) is 0 Å². The van der Waals surface area contributed by atoms with Gasteiger partial charge in [0, 0.05) is 7.43 Å². The Labute approximate surface area is 60.1 Å². The molecule has 2 nitrogen and oxygen atoms in total. The van der Waals surface area contributed by atoms with E-state index in [9.17, 15) is 0 Å². The summed E-state index contributed by atoms with van der Waals surface area (Å²) in [6, 6.07) is 0. The topological polar surface area (TPSA) is 37.7 Å². The predicted octanol–water partition coefficient (Wildman–Crippen LogP) is 1.23. The molecule has 0 aromatic carbocycles. The van der Waals surface area contributed by atoms with Crippen LogP contribution in [0.25, 0.3) is 0 Å². The molecule has 8 heavy (non-hydrogen) atoms. The maximum absolute atomic E-state index is 4.50. The molecule has 0 amide bonds. The van der Waals surface area contributed by atoms with Crippen LogP contribution in [0.1, 0.15) is 20.8 Å². The van der Waals surface area contributed by atoms with Crippen molar-refractivity contribution < 1.29 is 25.6 Å². The van der Waals surface area contributed by atoms with E-state index in [0.29, 0.717) is 0 Å². The van der Waals surface area contributed by atoms with Gasteiger partial charge in [0.15, 0.2) is 0 Å². The van der Waals surface area contributed by atoms with Crippen LogP contribution >= 0.6 is 0 Å². The Morgan fingerprint density at radius 3 is 1.38 bits per heavy atom. The Morgan fingerprint density at radius 2 is 1.38 bits per heavy atom. The third kappa shape index (κ3) is 16.1. The summed E-state index contributed by atoms with van der Waals surface area (Å²) in [4.78, 5) is 0. The first-order valence-electron chi connectivity index (χ1n) is 1.83. The zero-order chi connectivity index (χ0) is 5.21. The summed E-state index contributed by atoms with van der Waals surface area (Å²) in [6.45, 7) is 5.73. The van der Waals surface area contributed by atoms with Crippen molar-refractivity contribution in [2.45, 2.75) is 26.4 Å². The minimum Gasteiger partial charge on any atom is -2.00 e. The van der Waals surface area contributed by atoms with E-state index < -0.39 is 0 Å². The molecule has 0 aromatic rings. The van der Waals surface area contributed by atoms with Gasteiger partial charge in [-0.1, -0.05) is 0 Å². The third-order valence-electron chi connectivity index (χ3n) is 0.185. The van der Waals surface area contributed by atoms with Crippen LogP contribution in [0.4, 0.5) is 0 Å².